The molecule has 3 rings (SSSR count). The van der Waals surface area contributed by atoms with Crippen molar-refractivity contribution in [2.45, 2.75) is 34.1 Å². The van der Waals surface area contributed by atoms with E-state index in [1.807, 2.05) is 37.2 Å². The monoisotopic (exact) mass is 402 g/mol. The zero-order chi connectivity index (χ0) is 21.8. The minimum absolute atomic E-state index is 0.226. The topological polar surface area (TPSA) is 49.6 Å². The van der Waals surface area contributed by atoms with Crippen LogP contribution in [0.1, 0.15) is 45.4 Å². The quantitative estimate of drug-likeness (QED) is 0.476. The number of nitrogens with zero attached hydrogens (tertiary/aromatic N) is 3. The van der Waals surface area contributed by atoms with Gasteiger partial charge in [0, 0.05) is 42.3 Å². The van der Waals surface area contributed by atoms with Gasteiger partial charge in [0.15, 0.2) is 0 Å². The minimum atomic E-state index is -0.226. The molecular weight excluding hydrogens is 372 g/mol. The Bertz CT molecular complexity index is 1090. The molecule has 30 heavy (non-hydrogen) atoms. The maximum Gasteiger partial charge on any atom is 0.271 e. The van der Waals surface area contributed by atoms with Gasteiger partial charge in [0.05, 0.1) is 11.9 Å². The fraction of sp³-hybridized carbons (Fsp3) is 0.280. The molecule has 0 unspecified atom stereocenters. The first-order chi connectivity index (χ1) is 14.3. The number of hydrogen-bond donors (Lipinski definition) is 1. The number of aromatic nitrogens is 1. The number of carbonyl (C=O) groups is 1. The molecule has 0 fully saturated rings. The Morgan fingerprint density at radius 1 is 1.10 bits per heavy atom. The lowest BCUT2D eigenvalue weighted by Crippen LogP contribution is -2.18. The Morgan fingerprint density at radius 2 is 1.83 bits per heavy atom. The molecule has 5 heteroatoms. The maximum absolute atomic E-state index is 12.5. The number of benzene rings is 2. The Balaban J connectivity index is 1.84. The number of nitrogens with one attached hydrogen (secondary N) is 1. The van der Waals surface area contributed by atoms with Crippen LogP contribution in [0.3, 0.4) is 0 Å². The zero-order valence-corrected chi connectivity index (χ0v) is 18.7. The van der Waals surface area contributed by atoms with Gasteiger partial charge in [0.25, 0.3) is 5.91 Å². The third kappa shape index (κ3) is 4.30. The van der Waals surface area contributed by atoms with Crippen LogP contribution in [0.2, 0.25) is 0 Å². The first-order valence-corrected chi connectivity index (χ1v) is 10.2. The molecule has 5 nitrogen and oxygen atoms in total. The number of aryl methyl sites for hydroxylation is 3. The summed E-state index contributed by atoms with van der Waals surface area (Å²) in [6.07, 6.45) is 2.69. The summed E-state index contributed by atoms with van der Waals surface area (Å²) in [5, 5.41) is 4.21. The van der Waals surface area contributed by atoms with E-state index < -0.39 is 0 Å². The van der Waals surface area contributed by atoms with Gasteiger partial charge in [-0.05, 0) is 62.6 Å². The number of para-hydroxylation sites is 1. The van der Waals surface area contributed by atoms with Gasteiger partial charge >= 0.3 is 0 Å². The van der Waals surface area contributed by atoms with Crippen molar-refractivity contribution in [2.24, 2.45) is 5.10 Å². The zero-order valence-electron chi connectivity index (χ0n) is 18.7. The van der Waals surface area contributed by atoms with E-state index >= 15 is 0 Å². The molecule has 2 aromatic carbocycles. The summed E-state index contributed by atoms with van der Waals surface area (Å²) in [6, 6.07) is 16.0. The SMILES string of the molecule is CCc1cccc(C)c1-n1c(C)cc(/C=N\NC(=O)c2cccc(N(C)C)c2)c1C. The van der Waals surface area contributed by atoms with Gasteiger partial charge in [0.2, 0.25) is 0 Å². The third-order valence-electron chi connectivity index (χ3n) is 5.39. The molecular formula is C25H30N4O. The Hall–Kier alpha value is -3.34. The highest BCUT2D eigenvalue weighted by molar-refractivity contribution is 5.95. The Labute approximate surface area is 179 Å². The molecule has 3 aromatic rings. The predicted molar refractivity (Wildman–Crippen MR) is 125 cm³/mol. The van der Waals surface area contributed by atoms with Crippen LogP contribution in [0.25, 0.3) is 5.69 Å². The average Bonchev–Trinajstić information content (AvgIpc) is 3.01. The first-order valence-electron chi connectivity index (χ1n) is 10.2. The summed E-state index contributed by atoms with van der Waals surface area (Å²) in [4.78, 5) is 14.4. The van der Waals surface area contributed by atoms with E-state index in [0.717, 1.165) is 29.1 Å². The van der Waals surface area contributed by atoms with Crippen molar-refractivity contribution in [2.75, 3.05) is 19.0 Å². The lowest BCUT2D eigenvalue weighted by atomic mass is 10.1. The average molecular weight is 403 g/mol. The number of rotatable bonds is 6. The molecule has 0 bridgehead atoms. The summed E-state index contributed by atoms with van der Waals surface area (Å²) in [7, 11) is 3.90. The van der Waals surface area contributed by atoms with Crippen LogP contribution < -0.4 is 10.3 Å². The van der Waals surface area contributed by atoms with Gasteiger partial charge in [-0.25, -0.2) is 5.43 Å². The first kappa shape index (κ1) is 21.4. The van der Waals surface area contributed by atoms with Gasteiger partial charge in [-0.2, -0.15) is 5.10 Å². The molecule has 0 saturated heterocycles. The number of anilines is 1. The lowest BCUT2D eigenvalue weighted by Gasteiger charge is -2.17. The normalized spacial score (nSPS) is 11.1. The molecule has 1 heterocycles. The molecule has 1 aromatic heterocycles. The molecule has 0 aliphatic heterocycles. The van der Waals surface area contributed by atoms with E-state index in [1.54, 1.807) is 12.3 Å². The van der Waals surface area contributed by atoms with Crippen molar-refractivity contribution in [3.05, 3.63) is 82.2 Å². The summed E-state index contributed by atoms with van der Waals surface area (Å²) in [6.45, 7) is 8.50. The smallest absolute Gasteiger partial charge is 0.271 e. The maximum atomic E-state index is 12.5. The molecule has 0 atom stereocenters. The van der Waals surface area contributed by atoms with Gasteiger partial charge in [-0.1, -0.05) is 31.2 Å². The van der Waals surface area contributed by atoms with Crippen LogP contribution in [0.4, 0.5) is 5.69 Å². The van der Waals surface area contributed by atoms with Crippen LogP contribution in [0.5, 0.6) is 0 Å². The Morgan fingerprint density at radius 3 is 2.53 bits per heavy atom. The number of hydrogen-bond acceptors (Lipinski definition) is 3. The van der Waals surface area contributed by atoms with Crippen molar-refractivity contribution in [3.63, 3.8) is 0 Å². The predicted octanol–water partition coefficient (Wildman–Crippen LogP) is 4.79. The highest BCUT2D eigenvalue weighted by Gasteiger charge is 2.14. The van der Waals surface area contributed by atoms with Crippen molar-refractivity contribution in [1.82, 2.24) is 9.99 Å². The number of amides is 1. The van der Waals surface area contributed by atoms with Crippen molar-refractivity contribution in [1.29, 1.82) is 0 Å². The minimum Gasteiger partial charge on any atom is -0.378 e. The third-order valence-corrected chi connectivity index (χ3v) is 5.39. The van der Waals surface area contributed by atoms with E-state index in [9.17, 15) is 4.79 Å². The van der Waals surface area contributed by atoms with Crippen LogP contribution >= 0.6 is 0 Å². The molecule has 0 aliphatic carbocycles. The fourth-order valence-corrected chi connectivity index (χ4v) is 3.74. The molecule has 0 aliphatic rings. The summed E-state index contributed by atoms with van der Waals surface area (Å²) < 4.78 is 2.28. The summed E-state index contributed by atoms with van der Waals surface area (Å²) >= 11 is 0. The molecule has 0 spiro atoms. The highest BCUT2D eigenvalue weighted by Crippen LogP contribution is 2.26. The highest BCUT2D eigenvalue weighted by atomic mass is 16.2. The van der Waals surface area contributed by atoms with Crippen molar-refractivity contribution >= 4 is 17.8 Å². The second kappa shape index (κ2) is 8.99. The standard InChI is InChI=1S/C25H30N4O/c1-7-20-11-8-10-17(2)24(20)29-18(3)14-22(19(29)4)16-26-27-25(30)21-12-9-13-23(15-21)28(5)6/h8-16H,7H2,1-6H3,(H,27,30)/b26-16-. The van der Waals surface area contributed by atoms with Gasteiger partial charge in [-0.3, -0.25) is 4.79 Å². The van der Waals surface area contributed by atoms with Gasteiger partial charge in [0.1, 0.15) is 0 Å². The van der Waals surface area contributed by atoms with Crippen LogP contribution in [0, 0.1) is 20.8 Å². The largest absolute Gasteiger partial charge is 0.378 e. The lowest BCUT2D eigenvalue weighted by molar-refractivity contribution is 0.0955. The molecule has 1 amide bonds. The van der Waals surface area contributed by atoms with E-state index in [4.69, 9.17) is 0 Å². The van der Waals surface area contributed by atoms with Crippen LogP contribution in [-0.2, 0) is 6.42 Å². The second-order valence-corrected chi connectivity index (χ2v) is 7.74. The molecule has 1 N–H and O–H groups in total. The molecule has 156 valence electrons. The van der Waals surface area contributed by atoms with Crippen LogP contribution in [-0.4, -0.2) is 30.8 Å². The molecule has 0 saturated carbocycles. The Kier molecular flexibility index (Phi) is 6.40. The summed E-state index contributed by atoms with van der Waals surface area (Å²) in [5.74, 6) is -0.226. The van der Waals surface area contributed by atoms with Crippen molar-refractivity contribution < 1.29 is 4.79 Å². The number of hydrazone groups is 1. The van der Waals surface area contributed by atoms with E-state index in [0.29, 0.717) is 5.56 Å². The second-order valence-electron chi connectivity index (χ2n) is 7.74. The van der Waals surface area contributed by atoms with E-state index in [-0.39, 0.29) is 5.91 Å². The van der Waals surface area contributed by atoms with Crippen LogP contribution in [0.15, 0.2) is 53.6 Å². The fourth-order valence-electron chi connectivity index (χ4n) is 3.74. The van der Waals surface area contributed by atoms with Crippen molar-refractivity contribution in [3.8, 4) is 5.69 Å². The van der Waals surface area contributed by atoms with E-state index in [1.165, 1.54) is 16.8 Å². The van der Waals surface area contributed by atoms with Gasteiger partial charge < -0.3 is 9.47 Å². The number of carbonyl (C=O) groups excluding carboxylic acids is 1. The van der Waals surface area contributed by atoms with E-state index in [2.05, 4.69) is 67.1 Å². The molecule has 0 radical (unpaired) electrons. The summed E-state index contributed by atoms with van der Waals surface area (Å²) in [5.41, 5.74) is 11.2. The van der Waals surface area contributed by atoms with Gasteiger partial charge in [-0.15, -0.1) is 0 Å².